The van der Waals surface area contributed by atoms with Crippen LogP contribution in [-0.2, 0) is 0 Å². The van der Waals surface area contributed by atoms with Gasteiger partial charge in [-0.2, -0.15) is 0 Å². The second kappa shape index (κ2) is 6.45. The molecule has 0 bridgehead atoms. The number of rotatable bonds is 4. The van der Waals surface area contributed by atoms with Crippen LogP contribution in [0, 0.1) is 13.8 Å². The van der Waals surface area contributed by atoms with Crippen LogP contribution in [0.2, 0.25) is 5.02 Å². The van der Waals surface area contributed by atoms with E-state index in [1.807, 2.05) is 25.1 Å². The molecule has 0 aliphatic heterocycles. The first-order chi connectivity index (χ1) is 10.5. The first-order valence-electron chi connectivity index (χ1n) is 6.96. The van der Waals surface area contributed by atoms with Crippen LogP contribution in [0.3, 0.4) is 0 Å². The van der Waals surface area contributed by atoms with Crippen molar-refractivity contribution in [3.8, 4) is 0 Å². The quantitative estimate of drug-likeness (QED) is 0.416. The standard InChI is InChI=1S/C18H15ClOS2/c1-11-3-6-14(7-4-11)21-10-16(20)18-12(2)15-9-13(19)5-8-17(15)22-18/h3-9H,10H2,1-2H3. The number of hydrogen-bond donors (Lipinski definition) is 0. The highest BCUT2D eigenvalue weighted by atomic mass is 35.5. The molecule has 0 radical (unpaired) electrons. The Bertz CT molecular complexity index is 834. The number of fused-ring (bicyclic) bond motifs is 1. The molecular formula is C18H15ClOS2. The van der Waals surface area contributed by atoms with Crippen LogP contribution in [0.5, 0.6) is 0 Å². The summed E-state index contributed by atoms with van der Waals surface area (Å²) in [5.41, 5.74) is 2.27. The Labute approximate surface area is 143 Å². The first-order valence-corrected chi connectivity index (χ1v) is 9.14. The van der Waals surface area contributed by atoms with Crippen molar-refractivity contribution in [1.82, 2.24) is 0 Å². The van der Waals surface area contributed by atoms with Gasteiger partial charge in [0, 0.05) is 14.6 Å². The van der Waals surface area contributed by atoms with Gasteiger partial charge < -0.3 is 0 Å². The number of halogens is 1. The average molecular weight is 347 g/mol. The Hall–Kier alpha value is -1.29. The summed E-state index contributed by atoms with van der Waals surface area (Å²) < 4.78 is 1.12. The van der Waals surface area contributed by atoms with E-state index in [1.54, 1.807) is 23.1 Å². The van der Waals surface area contributed by atoms with Crippen LogP contribution in [0.4, 0.5) is 0 Å². The van der Waals surface area contributed by atoms with Gasteiger partial charge in [0.05, 0.1) is 10.6 Å². The normalized spacial score (nSPS) is 11.0. The van der Waals surface area contributed by atoms with E-state index in [1.165, 1.54) is 5.56 Å². The van der Waals surface area contributed by atoms with E-state index < -0.39 is 0 Å². The van der Waals surface area contributed by atoms with E-state index in [4.69, 9.17) is 11.6 Å². The van der Waals surface area contributed by atoms with E-state index in [0.29, 0.717) is 10.8 Å². The van der Waals surface area contributed by atoms with Crippen molar-refractivity contribution in [2.45, 2.75) is 18.7 Å². The van der Waals surface area contributed by atoms with E-state index in [2.05, 4.69) is 31.2 Å². The Morgan fingerprint density at radius 2 is 1.86 bits per heavy atom. The van der Waals surface area contributed by atoms with E-state index in [-0.39, 0.29) is 5.78 Å². The smallest absolute Gasteiger partial charge is 0.183 e. The number of thioether (sulfide) groups is 1. The fourth-order valence-electron chi connectivity index (χ4n) is 2.31. The topological polar surface area (TPSA) is 17.1 Å². The lowest BCUT2D eigenvalue weighted by molar-refractivity contribution is 0.102. The molecule has 0 amide bonds. The molecular weight excluding hydrogens is 332 g/mol. The van der Waals surface area contributed by atoms with Crippen molar-refractivity contribution in [3.05, 3.63) is 63.5 Å². The third-order valence-electron chi connectivity index (χ3n) is 3.54. The van der Waals surface area contributed by atoms with Gasteiger partial charge >= 0.3 is 0 Å². The molecule has 0 N–H and O–H groups in total. The zero-order valence-electron chi connectivity index (χ0n) is 12.4. The van der Waals surface area contributed by atoms with Gasteiger partial charge in [0.1, 0.15) is 0 Å². The molecule has 0 unspecified atom stereocenters. The number of carbonyl (C=O) groups excluding carboxylic acids is 1. The zero-order chi connectivity index (χ0) is 15.7. The van der Waals surface area contributed by atoms with Crippen molar-refractivity contribution in [2.24, 2.45) is 0 Å². The SMILES string of the molecule is Cc1ccc(SCC(=O)c2sc3ccc(Cl)cc3c2C)cc1. The molecule has 0 saturated heterocycles. The molecule has 0 aliphatic rings. The molecule has 1 aromatic heterocycles. The molecule has 3 aromatic rings. The largest absolute Gasteiger partial charge is 0.292 e. The highest BCUT2D eigenvalue weighted by Crippen LogP contribution is 2.33. The Morgan fingerprint density at radius 3 is 2.59 bits per heavy atom. The van der Waals surface area contributed by atoms with Crippen molar-refractivity contribution in [2.75, 3.05) is 5.75 Å². The second-order valence-electron chi connectivity index (χ2n) is 5.22. The monoisotopic (exact) mass is 346 g/mol. The third kappa shape index (κ3) is 3.22. The number of hydrogen-bond acceptors (Lipinski definition) is 3. The molecule has 0 atom stereocenters. The Kier molecular flexibility index (Phi) is 4.57. The third-order valence-corrected chi connectivity index (χ3v) is 6.10. The molecule has 1 heterocycles. The molecule has 3 rings (SSSR count). The Balaban J connectivity index is 1.80. The minimum Gasteiger partial charge on any atom is -0.292 e. The number of ketones is 1. The lowest BCUT2D eigenvalue weighted by Gasteiger charge is -2.02. The number of benzene rings is 2. The lowest BCUT2D eigenvalue weighted by Crippen LogP contribution is -2.01. The number of Topliss-reactive ketones (excluding diaryl/α,β-unsaturated/α-hetero) is 1. The summed E-state index contributed by atoms with van der Waals surface area (Å²) in [6.07, 6.45) is 0. The van der Waals surface area contributed by atoms with E-state index in [0.717, 1.165) is 25.4 Å². The van der Waals surface area contributed by atoms with Crippen molar-refractivity contribution in [1.29, 1.82) is 0 Å². The molecule has 1 nitrogen and oxygen atoms in total. The summed E-state index contributed by atoms with van der Waals surface area (Å²) in [5, 5.41) is 1.79. The summed E-state index contributed by atoms with van der Waals surface area (Å²) in [7, 11) is 0. The molecule has 0 saturated carbocycles. The summed E-state index contributed by atoms with van der Waals surface area (Å²) in [5.74, 6) is 0.644. The van der Waals surface area contributed by atoms with Crippen LogP contribution in [0.25, 0.3) is 10.1 Å². The van der Waals surface area contributed by atoms with Crippen molar-refractivity contribution >= 4 is 50.6 Å². The fourth-order valence-corrected chi connectivity index (χ4v) is 4.47. The maximum absolute atomic E-state index is 12.5. The van der Waals surface area contributed by atoms with Gasteiger partial charge in [-0.25, -0.2) is 0 Å². The summed E-state index contributed by atoms with van der Waals surface area (Å²) in [6, 6.07) is 14.1. The maximum atomic E-state index is 12.5. The molecule has 0 fully saturated rings. The molecule has 0 spiro atoms. The van der Waals surface area contributed by atoms with Crippen molar-refractivity contribution < 1.29 is 4.79 Å². The van der Waals surface area contributed by atoms with Gasteiger partial charge in [0.2, 0.25) is 0 Å². The molecule has 4 heteroatoms. The predicted octanol–water partition coefficient (Wildman–Crippen LogP) is 6.15. The number of aryl methyl sites for hydroxylation is 2. The van der Waals surface area contributed by atoms with Gasteiger partial charge in [-0.15, -0.1) is 23.1 Å². The van der Waals surface area contributed by atoms with Gasteiger partial charge in [0.25, 0.3) is 0 Å². The molecule has 112 valence electrons. The lowest BCUT2D eigenvalue weighted by atomic mass is 10.1. The summed E-state index contributed by atoms with van der Waals surface area (Å²) in [4.78, 5) is 14.5. The average Bonchev–Trinajstić information content (AvgIpc) is 2.83. The second-order valence-corrected chi connectivity index (χ2v) is 7.76. The highest BCUT2D eigenvalue weighted by Gasteiger charge is 2.15. The summed E-state index contributed by atoms with van der Waals surface area (Å²) >= 11 is 9.19. The molecule has 2 aromatic carbocycles. The van der Waals surface area contributed by atoms with Gasteiger partial charge in [-0.3, -0.25) is 4.79 Å². The van der Waals surface area contributed by atoms with Gasteiger partial charge in [-0.1, -0.05) is 29.3 Å². The Morgan fingerprint density at radius 1 is 1.14 bits per heavy atom. The van der Waals surface area contributed by atoms with Gasteiger partial charge in [-0.05, 0) is 55.1 Å². The minimum absolute atomic E-state index is 0.181. The molecule has 22 heavy (non-hydrogen) atoms. The predicted molar refractivity (Wildman–Crippen MR) is 97.8 cm³/mol. The summed E-state index contributed by atoms with van der Waals surface area (Å²) in [6.45, 7) is 4.06. The molecule has 0 aliphatic carbocycles. The van der Waals surface area contributed by atoms with Crippen LogP contribution in [-0.4, -0.2) is 11.5 Å². The number of thiophene rings is 1. The van der Waals surface area contributed by atoms with Crippen LogP contribution in [0.1, 0.15) is 20.8 Å². The minimum atomic E-state index is 0.181. The van der Waals surface area contributed by atoms with Crippen LogP contribution >= 0.6 is 34.7 Å². The van der Waals surface area contributed by atoms with Crippen LogP contribution in [0.15, 0.2) is 47.4 Å². The van der Waals surface area contributed by atoms with E-state index >= 15 is 0 Å². The fraction of sp³-hybridized carbons (Fsp3) is 0.167. The van der Waals surface area contributed by atoms with E-state index in [9.17, 15) is 4.79 Å². The maximum Gasteiger partial charge on any atom is 0.183 e. The van der Waals surface area contributed by atoms with Crippen LogP contribution < -0.4 is 0 Å². The van der Waals surface area contributed by atoms with Gasteiger partial charge in [0.15, 0.2) is 5.78 Å². The van der Waals surface area contributed by atoms with Crippen molar-refractivity contribution in [3.63, 3.8) is 0 Å². The highest BCUT2D eigenvalue weighted by molar-refractivity contribution is 8.00. The number of carbonyl (C=O) groups is 1. The zero-order valence-corrected chi connectivity index (χ0v) is 14.7. The first kappa shape index (κ1) is 15.6.